The molecule has 0 saturated heterocycles. The lowest BCUT2D eigenvalue weighted by Gasteiger charge is -2.32. The zero-order chi connectivity index (χ0) is 17.7. The van der Waals surface area contributed by atoms with E-state index in [2.05, 4.69) is 76.2 Å². The fraction of sp³-hybridized carbons (Fsp3) is 0.391. The average molecular weight is 330 g/mol. The summed E-state index contributed by atoms with van der Waals surface area (Å²) in [5.74, 6) is 0. The second-order valence-electron chi connectivity index (χ2n) is 8.59. The van der Waals surface area contributed by atoms with Gasteiger partial charge in [-0.25, -0.2) is 0 Å². The first kappa shape index (κ1) is 16.3. The molecule has 2 aromatic rings. The quantitative estimate of drug-likeness (QED) is 0.738. The predicted octanol–water partition coefficient (Wildman–Crippen LogP) is 5.02. The maximum Gasteiger partial charge on any atom is 0.0596 e. The van der Waals surface area contributed by atoms with Crippen molar-refractivity contribution in [1.29, 1.82) is 0 Å². The Bertz CT molecular complexity index is 811. The van der Waals surface area contributed by atoms with E-state index in [1.54, 1.807) is 0 Å². The Morgan fingerprint density at radius 2 is 1.08 bits per heavy atom. The number of fused-ring (bicyclic) bond motifs is 2. The number of hydrogen-bond donors (Lipinski definition) is 0. The van der Waals surface area contributed by atoms with Crippen LogP contribution in [0.4, 0.5) is 0 Å². The summed E-state index contributed by atoms with van der Waals surface area (Å²) in [6.07, 6.45) is 2.81. The molecule has 4 rings (SSSR count). The van der Waals surface area contributed by atoms with Crippen molar-refractivity contribution in [3.63, 3.8) is 0 Å². The van der Waals surface area contributed by atoms with Crippen molar-refractivity contribution >= 4 is 11.4 Å². The lowest BCUT2D eigenvalue weighted by molar-refractivity contribution is 0.509. The first-order valence-electron chi connectivity index (χ1n) is 9.17. The fourth-order valence-corrected chi connectivity index (χ4v) is 4.20. The number of hydrogen-bond acceptors (Lipinski definition) is 2. The van der Waals surface area contributed by atoms with Crippen LogP contribution in [-0.4, -0.2) is 22.5 Å². The van der Waals surface area contributed by atoms with Crippen LogP contribution in [0.2, 0.25) is 0 Å². The number of aliphatic imine (C=N–C) groups is 2. The van der Waals surface area contributed by atoms with Gasteiger partial charge in [0.05, 0.1) is 11.1 Å². The van der Waals surface area contributed by atoms with Crippen molar-refractivity contribution < 1.29 is 0 Å². The van der Waals surface area contributed by atoms with Crippen molar-refractivity contribution in [2.75, 3.05) is 0 Å². The smallest absolute Gasteiger partial charge is 0.0596 e. The van der Waals surface area contributed by atoms with Crippen molar-refractivity contribution in [2.45, 2.75) is 58.0 Å². The highest BCUT2D eigenvalue weighted by molar-refractivity contribution is 6.19. The largest absolute Gasteiger partial charge is 0.282 e. The zero-order valence-corrected chi connectivity index (χ0v) is 15.6. The topological polar surface area (TPSA) is 24.7 Å². The molecular weight excluding hydrogens is 304 g/mol. The Kier molecular flexibility index (Phi) is 3.68. The predicted molar refractivity (Wildman–Crippen MR) is 106 cm³/mol. The van der Waals surface area contributed by atoms with E-state index in [0.29, 0.717) is 0 Å². The molecule has 0 amide bonds. The van der Waals surface area contributed by atoms with Gasteiger partial charge in [0, 0.05) is 17.8 Å². The second kappa shape index (κ2) is 5.66. The fourth-order valence-electron chi connectivity index (χ4n) is 4.20. The molecule has 2 nitrogen and oxygen atoms in total. The molecule has 128 valence electrons. The molecular formula is C23H26N2. The highest BCUT2D eigenvalue weighted by Gasteiger charge is 2.30. The van der Waals surface area contributed by atoms with Crippen LogP contribution in [0.15, 0.2) is 58.5 Å². The molecule has 0 radical (unpaired) electrons. The molecule has 2 heteroatoms. The summed E-state index contributed by atoms with van der Waals surface area (Å²) >= 11 is 0. The van der Waals surface area contributed by atoms with Gasteiger partial charge < -0.3 is 0 Å². The van der Waals surface area contributed by atoms with Crippen LogP contribution in [0.25, 0.3) is 0 Å². The van der Waals surface area contributed by atoms with Crippen molar-refractivity contribution in [3.8, 4) is 0 Å². The van der Waals surface area contributed by atoms with E-state index >= 15 is 0 Å². The highest BCUT2D eigenvalue weighted by Crippen LogP contribution is 2.32. The summed E-state index contributed by atoms with van der Waals surface area (Å²) in [5.41, 5.74) is 7.66. The van der Waals surface area contributed by atoms with E-state index in [-0.39, 0.29) is 11.1 Å². The maximum absolute atomic E-state index is 5.11. The first-order chi connectivity index (χ1) is 11.8. The zero-order valence-electron chi connectivity index (χ0n) is 15.6. The number of rotatable bonds is 2. The Morgan fingerprint density at radius 1 is 0.680 bits per heavy atom. The summed E-state index contributed by atoms with van der Waals surface area (Å²) in [4.78, 5) is 10.2. The van der Waals surface area contributed by atoms with Gasteiger partial charge in [-0.2, -0.15) is 0 Å². The number of benzene rings is 2. The van der Waals surface area contributed by atoms with Gasteiger partial charge in [0.1, 0.15) is 0 Å². The van der Waals surface area contributed by atoms with Crippen molar-refractivity contribution in [1.82, 2.24) is 0 Å². The third-order valence-corrected chi connectivity index (χ3v) is 5.11. The van der Waals surface area contributed by atoms with Crippen LogP contribution in [0.1, 0.15) is 56.4 Å². The third-order valence-electron chi connectivity index (χ3n) is 5.11. The van der Waals surface area contributed by atoms with Gasteiger partial charge in [-0.1, -0.05) is 48.5 Å². The van der Waals surface area contributed by atoms with Crippen LogP contribution < -0.4 is 0 Å². The normalized spacial score (nSPS) is 20.2. The Morgan fingerprint density at radius 3 is 1.52 bits per heavy atom. The molecule has 25 heavy (non-hydrogen) atoms. The second-order valence-corrected chi connectivity index (χ2v) is 8.59. The van der Waals surface area contributed by atoms with Gasteiger partial charge >= 0.3 is 0 Å². The Balaban J connectivity index is 1.78. The van der Waals surface area contributed by atoms with Crippen LogP contribution >= 0.6 is 0 Å². The highest BCUT2D eigenvalue weighted by atomic mass is 14.9. The Hall–Kier alpha value is -2.22. The van der Waals surface area contributed by atoms with E-state index in [9.17, 15) is 0 Å². The molecule has 2 heterocycles. The van der Waals surface area contributed by atoms with E-state index in [1.807, 2.05) is 0 Å². The van der Waals surface area contributed by atoms with Crippen LogP contribution in [0.5, 0.6) is 0 Å². The molecule has 0 fully saturated rings. The molecule has 0 atom stereocenters. The lowest BCUT2D eigenvalue weighted by Crippen LogP contribution is -2.33. The molecule has 0 bridgehead atoms. The first-order valence-corrected chi connectivity index (χ1v) is 9.17. The summed E-state index contributed by atoms with van der Waals surface area (Å²) in [6, 6.07) is 17.4. The molecule has 0 spiro atoms. The Labute approximate surface area is 150 Å². The minimum atomic E-state index is -0.0477. The van der Waals surface area contributed by atoms with E-state index in [4.69, 9.17) is 9.98 Å². The standard InChI is InChI=1S/C23H26N2/c1-22(2)14-16-9-5-7-11-18(16)20(24-22)13-21-19-12-8-6-10-17(19)15-23(3,4)25-21/h5-12H,13-15H2,1-4H3. The minimum absolute atomic E-state index is 0.0477. The van der Waals surface area contributed by atoms with Crippen LogP contribution in [-0.2, 0) is 12.8 Å². The average Bonchev–Trinajstić information content (AvgIpc) is 2.52. The third kappa shape index (κ3) is 3.18. The molecule has 2 aliphatic rings. The van der Waals surface area contributed by atoms with Gasteiger partial charge in [0.25, 0.3) is 0 Å². The molecule has 0 N–H and O–H groups in total. The van der Waals surface area contributed by atoms with Gasteiger partial charge in [-0.05, 0) is 62.8 Å². The van der Waals surface area contributed by atoms with Gasteiger partial charge in [0.15, 0.2) is 0 Å². The summed E-state index contributed by atoms with van der Waals surface area (Å²) < 4.78 is 0. The van der Waals surface area contributed by atoms with Gasteiger partial charge in [0.2, 0.25) is 0 Å². The summed E-state index contributed by atoms with van der Waals surface area (Å²) in [6.45, 7) is 8.90. The van der Waals surface area contributed by atoms with Crippen molar-refractivity contribution in [2.24, 2.45) is 9.98 Å². The van der Waals surface area contributed by atoms with Gasteiger partial charge in [-0.3, -0.25) is 9.98 Å². The van der Waals surface area contributed by atoms with E-state index in [1.165, 1.54) is 33.7 Å². The molecule has 0 unspecified atom stereocenters. The maximum atomic E-state index is 5.11. The van der Waals surface area contributed by atoms with Crippen LogP contribution in [0.3, 0.4) is 0 Å². The monoisotopic (exact) mass is 330 g/mol. The summed E-state index contributed by atoms with van der Waals surface area (Å²) in [5, 5.41) is 0. The van der Waals surface area contributed by atoms with Crippen LogP contribution in [0, 0.1) is 0 Å². The molecule has 2 aliphatic heterocycles. The van der Waals surface area contributed by atoms with Gasteiger partial charge in [-0.15, -0.1) is 0 Å². The molecule has 0 saturated carbocycles. The van der Waals surface area contributed by atoms with E-state index in [0.717, 1.165) is 19.3 Å². The lowest BCUT2D eigenvalue weighted by atomic mass is 9.82. The molecule has 0 aliphatic carbocycles. The van der Waals surface area contributed by atoms with Crippen molar-refractivity contribution in [3.05, 3.63) is 70.8 Å². The number of nitrogens with zero attached hydrogens (tertiary/aromatic N) is 2. The van der Waals surface area contributed by atoms with E-state index < -0.39 is 0 Å². The minimum Gasteiger partial charge on any atom is -0.282 e. The molecule has 0 aromatic heterocycles. The summed E-state index contributed by atoms with van der Waals surface area (Å²) in [7, 11) is 0. The molecule has 2 aromatic carbocycles. The SMILES string of the molecule is CC1(C)Cc2ccccc2C(CC2=NC(C)(C)Cc3ccccc32)=N1.